The zero-order valence-electron chi connectivity index (χ0n) is 16.8. The number of rotatable bonds is 8. The van der Waals surface area contributed by atoms with E-state index in [1.807, 2.05) is 0 Å². The number of ether oxygens (including phenoxy) is 1. The van der Waals surface area contributed by atoms with Crippen molar-refractivity contribution >= 4 is 36.1 Å². The van der Waals surface area contributed by atoms with Crippen LogP contribution in [0.3, 0.4) is 0 Å². The fraction of sp³-hybridized carbons (Fsp3) is 0.471. The number of nitrogens with zero attached hydrogens (tertiary/aromatic N) is 3. The Hall–Kier alpha value is -3.16. The molecule has 0 fully saturated rings. The lowest BCUT2D eigenvalue weighted by Gasteiger charge is -2.31. The number of carbonyl (C=O) groups excluding carboxylic acids is 1. The highest BCUT2D eigenvalue weighted by Gasteiger charge is 2.35. The van der Waals surface area contributed by atoms with E-state index in [4.69, 9.17) is 27.3 Å². The van der Waals surface area contributed by atoms with Crippen LogP contribution in [0.5, 0.6) is 0 Å². The summed E-state index contributed by atoms with van der Waals surface area (Å²) >= 11 is 0. The molecule has 2 heterocycles. The van der Waals surface area contributed by atoms with Gasteiger partial charge in [0.25, 0.3) is 0 Å². The molecule has 31 heavy (non-hydrogen) atoms. The molecule has 2 rings (SSSR count). The molecule has 0 saturated heterocycles. The van der Waals surface area contributed by atoms with E-state index in [0.717, 1.165) is 4.57 Å². The second kappa shape index (κ2) is 11.3. The van der Waals surface area contributed by atoms with E-state index in [9.17, 15) is 19.5 Å². The Balaban J connectivity index is 0.00000480. The number of halogens is 1. The minimum Gasteiger partial charge on any atom is -0.479 e. The Kier molecular flexibility index (Phi) is 9.42. The number of amides is 1. The van der Waals surface area contributed by atoms with Crippen LogP contribution in [0, 0.1) is 5.41 Å². The van der Waals surface area contributed by atoms with Gasteiger partial charge < -0.3 is 37.3 Å². The van der Waals surface area contributed by atoms with Crippen molar-refractivity contribution in [2.24, 2.45) is 11.5 Å². The molecule has 0 bridgehead atoms. The molecule has 1 aliphatic rings. The van der Waals surface area contributed by atoms with Gasteiger partial charge in [0.05, 0.1) is 6.04 Å². The first-order chi connectivity index (χ1) is 14.1. The molecular weight excluding hydrogens is 432 g/mol. The molecule has 0 radical (unpaired) electrons. The van der Waals surface area contributed by atoms with Crippen molar-refractivity contribution in [3.63, 3.8) is 0 Å². The van der Waals surface area contributed by atoms with Gasteiger partial charge in [-0.25, -0.2) is 9.59 Å². The quantitative estimate of drug-likeness (QED) is 0.146. The summed E-state index contributed by atoms with van der Waals surface area (Å²) in [6.07, 6.45) is 2.17. The van der Waals surface area contributed by atoms with E-state index in [0.29, 0.717) is 13.0 Å². The number of nitrogen functional groups attached to an aromatic ring is 1. The molecule has 9 N–H and O–H groups in total. The van der Waals surface area contributed by atoms with E-state index in [-0.39, 0.29) is 30.6 Å². The third-order valence-electron chi connectivity index (χ3n) is 4.49. The third-order valence-corrected chi connectivity index (χ3v) is 4.49. The minimum absolute atomic E-state index is 0. The predicted molar refractivity (Wildman–Crippen MR) is 115 cm³/mol. The first-order valence-corrected chi connectivity index (χ1v) is 9.10. The van der Waals surface area contributed by atoms with Crippen molar-refractivity contribution in [1.29, 1.82) is 5.41 Å². The van der Waals surface area contributed by atoms with Crippen LogP contribution in [-0.2, 0) is 14.3 Å². The van der Waals surface area contributed by atoms with Crippen LogP contribution >= 0.6 is 12.4 Å². The summed E-state index contributed by atoms with van der Waals surface area (Å²) in [7, 11) is 1.63. The number of aromatic nitrogens is 2. The summed E-state index contributed by atoms with van der Waals surface area (Å²) in [5.74, 6) is -1.84. The Morgan fingerprint density at radius 3 is 2.71 bits per heavy atom. The SMILES string of the molecule is CN(CC[C@@H](N)CC(=O)N[C@H]1C=C[C@H](n2ccc(N)nc2=O)O[C@H]1C(=O)O)C(=N)N.Cl. The van der Waals surface area contributed by atoms with Crippen LogP contribution in [-0.4, -0.2) is 69.2 Å². The summed E-state index contributed by atoms with van der Waals surface area (Å²) in [4.78, 5) is 40.9. The molecule has 1 aromatic heterocycles. The minimum atomic E-state index is -1.42. The zero-order chi connectivity index (χ0) is 22.4. The monoisotopic (exact) mass is 458 g/mol. The van der Waals surface area contributed by atoms with Crippen LogP contribution in [0.15, 0.2) is 29.2 Å². The lowest BCUT2D eigenvalue weighted by atomic mass is 10.1. The Bertz CT molecular complexity index is 892. The van der Waals surface area contributed by atoms with Crippen molar-refractivity contribution in [3.05, 3.63) is 34.9 Å². The molecule has 0 unspecified atom stereocenters. The average Bonchev–Trinajstić information content (AvgIpc) is 2.66. The van der Waals surface area contributed by atoms with Gasteiger partial charge in [0.15, 0.2) is 18.3 Å². The molecule has 0 aromatic carbocycles. The number of aliphatic carboxylic acids is 1. The maximum Gasteiger partial charge on any atom is 0.351 e. The van der Waals surface area contributed by atoms with Crippen LogP contribution in [0.1, 0.15) is 19.1 Å². The van der Waals surface area contributed by atoms with Gasteiger partial charge in [0.1, 0.15) is 5.82 Å². The summed E-state index contributed by atoms with van der Waals surface area (Å²) < 4.78 is 6.57. The highest BCUT2D eigenvalue weighted by atomic mass is 35.5. The Morgan fingerprint density at radius 1 is 1.45 bits per heavy atom. The maximum atomic E-state index is 12.3. The summed E-state index contributed by atoms with van der Waals surface area (Å²) in [5, 5.41) is 19.4. The summed E-state index contributed by atoms with van der Waals surface area (Å²) in [6, 6.07) is -0.0702. The lowest BCUT2D eigenvalue weighted by Crippen LogP contribution is -2.51. The Morgan fingerprint density at radius 2 is 2.13 bits per heavy atom. The molecule has 13 nitrogen and oxygen atoms in total. The highest BCUT2D eigenvalue weighted by molar-refractivity contribution is 5.85. The molecule has 1 aliphatic heterocycles. The number of anilines is 1. The standard InChI is InChI=1S/C17H26N8O5.ClH/c1-24(16(20)21)6-4-9(18)8-12(26)22-10-2-3-13(30-14(10)15(27)28)25-7-5-11(19)23-17(25)29;/h2-3,5,7,9-10,13-14H,4,6,8,18H2,1H3,(H3,20,21)(H,22,26)(H,27,28)(H2,19,23,29);1H/t9-,10+,13-,14-;/m1./s1. The highest BCUT2D eigenvalue weighted by Crippen LogP contribution is 2.20. The molecule has 172 valence electrons. The van der Waals surface area contributed by atoms with Crippen LogP contribution in [0.25, 0.3) is 0 Å². The van der Waals surface area contributed by atoms with E-state index in [1.165, 1.54) is 29.3 Å². The van der Waals surface area contributed by atoms with Gasteiger partial charge >= 0.3 is 11.7 Å². The number of carboxylic acids is 1. The van der Waals surface area contributed by atoms with Gasteiger partial charge in [-0.1, -0.05) is 6.08 Å². The van der Waals surface area contributed by atoms with E-state index >= 15 is 0 Å². The van der Waals surface area contributed by atoms with Crippen LogP contribution in [0.2, 0.25) is 0 Å². The third kappa shape index (κ3) is 7.24. The van der Waals surface area contributed by atoms with E-state index < -0.39 is 42.0 Å². The molecule has 1 amide bonds. The lowest BCUT2D eigenvalue weighted by molar-refractivity contribution is -0.159. The number of nitrogens with one attached hydrogen (secondary N) is 2. The number of hydrogen-bond acceptors (Lipinski definition) is 8. The normalized spacial score (nSPS) is 20.9. The van der Waals surface area contributed by atoms with E-state index in [2.05, 4.69) is 10.3 Å². The molecule has 1 aromatic rings. The van der Waals surface area contributed by atoms with Crippen molar-refractivity contribution < 1.29 is 19.4 Å². The van der Waals surface area contributed by atoms with Gasteiger partial charge in [0, 0.05) is 32.3 Å². The van der Waals surface area contributed by atoms with Crippen molar-refractivity contribution in [1.82, 2.24) is 19.8 Å². The number of nitrogens with two attached hydrogens (primary N) is 3. The fourth-order valence-corrected chi connectivity index (χ4v) is 2.77. The molecule has 4 atom stereocenters. The first-order valence-electron chi connectivity index (χ1n) is 9.10. The molecule has 0 spiro atoms. The number of carbonyl (C=O) groups is 2. The van der Waals surface area contributed by atoms with Crippen molar-refractivity contribution in [3.8, 4) is 0 Å². The number of guanidine groups is 1. The second-order valence-corrected chi connectivity index (χ2v) is 6.87. The van der Waals surface area contributed by atoms with E-state index in [1.54, 1.807) is 7.05 Å². The summed E-state index contributed by atoms with van der Waals surface area (Å²) in [6.45, 7) is 0.403. The molecular formula is C17H27ClN8O5. The predicted octanol–water partition coefficient (Wildman–Crippen LogP) is -1.80. The van der Waals surface area contributed by atoms with Gasteiger partial charge in [0.2, 0.25) is 5.91 Å². The number of hydrogen-bond donors (Lipinski definition) is 6. The molecule has 0 aliphatic carbocycles. The van der Waals surface area contributed by atoms with Gasteiger partial charge in [-0.2, -0.15) is 4.98 Å². The molecule has 14 heteroatoms. The first kappa shape index (κ1) is 25.9. The second-order valence-electron chi connectivity index (χ2n) is 6.87. The summed E-state index contributed by atoms with van der Waals surface area (Å²) in [5.41, 5.74) is 16.0. The van der Waals surface area contributed by atoms with Gasteiger partial charge in [-0.3, -0.25) is 14.8 Å². The van der Waals surface area contributed by atoms with Crippen molar-refractivity contribution in [2.45, 2.75) is 37.3 Å². The largest absolute Gasteiger partial charge is 0.479 e. The number of carboxylic acid groups (broad SMARTS) is 1. The van der Waals surface area contributed by atoms with Gasteiger partial charge in [-0.05, 0) is 18.6 Å². The van der Waals surface area contributed by atoms with Crippen LogP contribution in [0.4, 0.5) is 5.82 Å². The topological polar surface area (TPSA) is 216 Å². The zero-order valence-corrected chi connectivity index (χ0v) is 17.6. The molecule has 0 saturated carbocycles. The fourth-order valence-electron chi connectivity index (χ4n) is 2.77. The maximum absolute atomic E-state index is 12.3. The Labute approximate surface area is 184 Å². The van der Waals surface area contributed by atoms with Gasteiger partial charge in [-0.15, -0.1) is 12.4 Å². The smallest absolute Gasteiger partial charge is 0.351 e. The van der Waals surface area contributed by atoms with Crippen molar-refractivity contribution in [2.75, 3.05) is 19.3 Å². The average molecular weight is 459 g/mol. The van der Waals surface area contributed by atoms with Crippen LogP contribution < -0.4 is 28.2 Å².